The van der Waals surface area contributed by atoms with E-state index >= 15 is 0 Å². The van der Waals surface area contributed by atoms with Crippen LogP contribution in [-0.2, 0) is 9.53 Å². The lowest BCUT2D eigenvalue weighted by Gasteiger charge is -2.42. The summed E-state index contributed by atoms with van der Waals surface area (Å²) in [6, 6.07) is 2.18. The largest absolute Gasteiger partial charge is 0.481 e. The number of aliphatic carboxylic acids is 1. The molecule has 1 saturated carbocycles. The lowest BCUT2D eigenvalue weighted by molar-refractivity contribution is -0.149. The Hall–Kier alpha value is -1.12. The van der Waals surface area contributed by atoms with Crippen molar-refractivity contribution in [1.82, 2.24) is 4.90 Å². The quantitative estimate of drug-likeness (QED) is 0.692. The Bertz CT molecular complexity index is 275. The van der Waals surface area contributed by atoms with Gasteiger partial charge < -0.3 is 9.84 Å². The predicted octanol–water partition coefficient (Wildman–Crippen LogP) is 0.712. The first-order valence-electron chi connectivity index (χ1n) is 5.53. The van der Waals surface area contributed by atoms with Crippen LogP contribution in [-0.4, -0.2) is 48.8 Å². The molecule has 1 fully saturated rings. The number of hydrogen-bond acceptors (Lipinski definition) is 4. The van der Waals surface area contributed by atoms with Crippen LogP contribution in [0.4, 0.5) is 0 Å². The maximum absolute atomic E-state index is 10.9. The van der Waals surface area contributed by atoms with Crippen LogP contribution in [0.15, 0.2) is 0 Å². The van der Waals surface area contributed by atoms with E-state index in [1.807, 2.05) is 0 Å². The highest BCUT2D eigenvalue weighted by Gasteiger charge is 2.39. The summed E-state index contributed by atoms with van der Waals surface area (Å²) in [7, 11) is 1.62. The van der Waals surface area contributed by atoms with Crippen molar-refractivity contribution >= 4 is 5.97 Å². The lowest BCUT2D eigenvalue weighted by atomic mass is 9.78. The summed E-state index contributed by atoms with van der Waals surface area (Å²) in [5.41, 5.74) is 0. The summed E-state index contributed by atoms with van der Waals surface area (Å²) in [6.07, 6.45) is 2.09. The maximum Gasteiger partial charge on any atom is 0.308 e. The van der Waals surface area contributed by atoms with Crippen LogP contribution in [0.1, 0.15) is 19.3 Å². The predicted molar refractivity (Wildman–Crippen MR) is 57.8 cm³/mol. The van der Waals surface area contributed by atoms with Gasteiger partial charge >= 0.3 is 5.97 Å². The van der Waals surface area contributed by atoms with Crippen molar-refractivity contribution in [3.05, 3.63) is 0 Å². The van der Waals surface area contributed by atoms with E-state index in [1.165, 1.54) is 0 Å². The van der Waals surface area contributed by atoms with Crippen molar-refractivity contribution in [1.29, 1.82) is 5.26 Å². The van der Waals surface area contributed by atoms with Crippen molar-refractivity contribution in [3.8, 4) is 6.07 Å². The number of nitrogens with zero attached hydrogens (tertiary/aromatic N) is 2. The molecule has 1 rings (SSSR count). The molecule has 0 saturated heterocycles. The van der Waals surface area contributed by atoms with Crippen LogP contribution in [0, 0.1) is 17.2 Å². The van der Waals surface area contributed by atoms with Gasteiger partial charge in [0.25, 0.3) is 0 Å². The number of carboxylic acid groups (broad SMARTS) is 1. The Balaban J connectivity index is 2.47. The molecule has 1 N–H and O–H groups in total. The van der Waals surface area contributed by atoms with Crippen LogP contribution < -0.4 is 0 Å². The highest BCUT2D eigenvalue weighted by Crippen LogP contribution is 2.32. The van der Waals surface area contributed by atoms with E-state index in [-0.39, 0.29) is 12.0 Å². The van der Waals surface area contributed by atoms with Crippen molar-refractivity contribution in [2.24, 2.45) is 5.92 Å². The zero-order valence-electron chi connectivity index (χ0n) is 9.56. The normalized spacial score (nSPS) is 23.8. The molecule has 0 aromatic carbocycles. The number of ether oxygens (including phenoxy) is 1. The highest BCUT2D eigenvalue weighted by molar-refractivity contribution is 5.72. The number of nitriles is 1. The van der Waals surface area contributed by atoms with E-state index in [1.54, 1.807) is 7.11 Å². The fourth-order valence-corrected chi connectivity index (χ4v) is 2.05. The van der Waals surface area contributed by atoms with Gasteiger partial charge in [-0.25, -0.2) is 0 Å². The van der Waals surface area contributed by atoms with E-state index in [4.69, 9.17) is 15.1 Å². The van der Waals surface area contributed by atoms with Gasteiger partial charge in [0.15, 0.2) is 0 Å². The molecule has 0 amide bonds. The number of methoxy groups -OCH3 is 1. The van der Waals surface area contributed by atoms with Crippen molar-refractivity contribution in [2.45, 2.75) is 25.3 Å². The molecular formula is C11H18N2O3. The van der Waals surface area contributed by atoms with E-state index in [0.717, 1.165) is 12.8 Å². The van der Waals surface area contributed by atoms with Gasteiger partial charge in [-0.3, -0.25) is 9.69 Å². The van der Waals surface area contributed by atoms with Crippen molar-refractivity contribution < 1.29 is 14.6 Å². The average molecular weight is 226 g/mol. The van der Waals surface area contributed by atoms with Crippen molar-refractivity contribution in [2.75, 3.05) is 26.8 Å². The molecule has 0 radical (unpaired) electrons. The summed E-state index contributed by atoms with van der Waals surface area (Å²) in [5, 5.41) is 17.5. The summed E-state index contributed by atoms with van der Waals surface area (Å²) in [4.78, 5) is 13.0. The van der Waals surface area contributed by atoms with Gasteiger partial charge in [0.05, 0.1) is 18.6 Å². The molecule has 0 aromatic rings. The minimum Gasteiger partial charge on any atom is -0.481 e. The summed E-state index contributed by atoms with van der Waals surface area (Å²) in [5.74, 6) is -0.994. The first kappa shape index (κ1) is 12.9. The van der Waals surface area contributed by atoms with Crippen LogP contribution >= 0.6 is 0 Å². The van der Waals surface area contributed by atoms with Crippen LogP contribution in [0.3, 0.4) is 0 Å². The third-order valence-corrected chi connectivity index (χ3v) is 3.12. The van der Waals surface area contributed by atoms with Gasteiger partial charge in [-0.1, -0.05) is 0 Å². The van der Waals surface area contributed by atoms with Gasteiger partial charge in [0.2, 0.25) is 0 Å². The summed E-state index contributed by atoms with van der Waals surface area (Å²) < 4.78 is 4.99. The molecule has 1 aliphatic carbocycles. The lowest BCUT2D eigenvalue weighted by Crippen LogP contribution is -2.51. The van der Waals surface area contributed by atoms with Gasteiger partial charge in [0, 0.05) is 32.7 Å². The second-order valence-corrected chi connectivity index (χ2v) is 4.03. The molecule has 2 unspecified atom stereocenters. The zero-order chi connectivity index (χ0) is 12.0. The van der Waals surface area contributed by atoms with E-state index in [2.05, 4.69) is 11.0 Å². The molecule has 0 spiro atoms. The van der Waals surface area contributed by atoms with Crippen molar-refractivity contribution in [3.63, 3.8) is 0 Å². The highest BCUT2D eigenvalue weighted by atomic mass is 16.5. The minimum absolute atomic E-state index is 0.0843. The molecule has 5 nitrogen and oxygen atoms in total. The molecule has 0 bridgehead atoms. The van der Waals surface area contributed by atoms with E-state index in [0.29, 0.717) is 26.1 Å². The van der Waals surface area contributed by atoms with E-state index in [9.17, 15) is 4.79 Å². The van der Waals surface area contributed by atoms with Crippen LogP contribution in [0.25, 0.3) is 0 Å². The van der Waals surface area contributed by atoms with Gasteiger partial charge in [-0.2, -0.15) is 5.26 Å². The molecule has 5 heteroatoms. The second-order valence-electron chi connectivity index (χ2n) is 4.03. The Morgan fingerprint density at radius 3 is 2.75 bits per heavy atom. The third-order valence-electron chi connectivity index (χ3n) is 3.12. The first-order valence-corrected chi connectivity index (χ1v) is 5.53. The number of rotatable bonds is 7. The SMILES string of the molecule is COCCN(CCC#N)C1CCC1C(=O)O. The topological polar surface area (TPSA) is 73.6 Å². The molecule has 0 aromatic heterocycles. The van der Waals surface area contributed by atoms with Gasteiger partial charge in [-0.05, 0) is 12.8 Å². The average Bonchev–Trinajstić information content (AvgIpc) is 2.19. The van der Waals surface area contributed by atoms with Gasteiger partial charge in [0.1, 0.15) is 0 Å². The molecule has 0 heterocycles. The standard InChI is InChI=1S/C11H18N2O3/c1-16-8-7-13(6-2-5-12)10-4-3-9(10)11(14)15/h9-10H,2-4,6-8H2,1H3,(H,14,15). The van der Waals surface area contributed by atoms with Crippen LogP contribution in [0.5, 0.6) is 0 Å². The third kappa shape index (κ3) is 3.19. The first-order chi connectivity index (χ1) is 7.70. The molecular weight excluding hydrogens is 208 g/mol. The zero-order valence-corrected chi connectivity index (χ0v) is 9.56. The molecule has 0 aliphatic heterocycles. The monoisotopic (exact) mass is 226 g/mol. The Morgan fingerprint density at radius 1 is 1.56 bits per heavy atom. The smallest absolute Gasteiger partial charge is 0.308 e. The molecule has 2 atom stereocenters. The minimum atomic E-state index is -0.726. The number of carbonyl (C=O) groups is 1. The Morgan fingerprint density at radius 2 is 2.31 bits per heavy atom. The molecule has 1 aliphatic rings. The Labute approximate surface area is 95.6 Å². The molecule has 90 valence electrons. The summed E-state index contributed by atoms with van der Waals surface area (Å²) in [6.45, 7) is 1.91. The molecule has 16 heavy (non-hydrogen) atoms. The number of carboxylic acids is 1. The Kier molecular flexibility index (Phi) is 5.23. The maximum atomic E-state index is 10.9. The summed E-state index contributed by atoms with van der Waals surface area (Å²) >= 11 is 0. The van der Waals surface area contributed by atoms with Gasteiger partial charge in [-0.15, -0.1) is 0 Å². The fraction of sp³-hybridized carbons (Fsp3) is 0.818. The number of hydrogen-bond donors (Lipinski definition) is 1. The second kappa shape index (κ2) is 6.46. The van der Waals surface area contributed by atoms with E-state index < -0.39 is 5.97 Å². The van der Waals surface area contributed by atoms with Crippen LogP contribution in [0.2, 0.25) is 0 Å². The fourth-order valence-electron chi connectivity index (χ4n) is 2.05.